The molecule has 2 aromatic rings. The van der Waals surface area contributed by atoms with Gasteiger partial charge >= 0.3 is 0 Å². The molecule has 0 aliphatic carbocycles. The normalized spacial score (nSPS) is 13.5. The monoisotopic (exact) mass is 343 g/mol. The first-order chi connectivity index (χ1) is 10.0. The molecule has 21 heavy (non-hydrogen) atoms. The van der Waals surface area contributed by atoms with Gasteiger partial charge in [-0.1, -0.05) is 12.1 Å². The predicted octanol–water partition coefficient (Wildman–Crippen LogP) is 3.37. The number of benzene rings is 2. The minimum absolute atomic E-state index is 0.287. The average molecular weight is 344 g/mol. The van der Waals surface area contributed by atoms with Crippen LogP contribution in [0.5, 0.6) is 0 Å². The number of rotatable bonds is 2. The van der Waals surface area contributed by atoms with Crippen LogP contribution >= 0.6 is 15.9 Å². The molecule has 2 amide bonds. The smallest absolute Gasteiger partial charge is 0.266 e. The van der Waals surface area contributed by atoms with Gasteiger partial charge in [-0.2, -0.15) is 0 Å². The van der Waals surface area contributed by atoms with E-state index in [2.05, 4.69) is 15.9 Å². The van der Waals surface area contributed by atoms with Crippen molar-refractivity contribution in [3.05, 3.63) is 63.1 Å². The van der Waals surface area contributed by atoms with E-state index in [0.29, 0.717) is 27.6 Å². The van der Waals surface area contributed by atoms with Crippen LogP contribution in [0.2, 0.25) is 0 Å². The highest BCUT2D eigenvalue weighted by molar-refractivity contribution is 9.10. The van der Waals surface area contributed by atoms with E-state index in [1.807, 2.05) is 6.92 Å². The maximum atomic E-state index is 12.5. The van der Waals surface area contributed by atoms with Gasteiger partial charge in [-0.05, 0) is 52.7 Å². The Balaban J connectivity index is 2.22. The van der Waals surface area contributed by atoms with Crippen LogP contribution in [0.1, 0.15) is 36.6 Å². The molecule has 0 saturated carbocycles. The molecule has 0 radical (unpaired) electrons. The number of imide groups is 1. The van der Waals surface area contributed by atoms with Gasteiger partial charge in [0.1, 0.15) is 0 Å². The van der Waals surface area contributed by atoms with Crippen molar-refractivity contribution < 1.29 is 14.4 Å². The topological polar surface area (TPSA) is 54.5 Å². The van der Waals surface area contributed by atoms with Gasteiger partial charge in [0.15, 0.2) is 6.29 Å². The predicted molar refractivity (Wildman–Crippen MR) is 81.8 cm³/mol. The van der Waals surface area contributed by atoms with Crippen molar-refractivity contribution in [2.24, 2.45) is 0 Å². The van der Waals surface area contributed by atoms with E-state index in [-0.39, 0.29) is 5.56 Å². The lowest BCUT2D eigenvalue weighted by Gasteiger charge is -2.17. The Morgan fingerprint density at radius 3 is 2.14 bits per heavy atom. The third kappa shape index (κ3) is 2.01. The van der Waals surface area contributed by atoms with Crippen molar-refractivity contribution in [3.8, 4) is 0 Å². The maximum absolute atomic E-state index is 12.5. The highest BCUT2D eigenvalue weighted by Gasteiger charge is 2.37. The Kier molecular flexibility index (Phi) is 3.22. The number of aldehydes is 1. The van der Waals surface area contributed by atoms with Gasteiger partial charge in [0.05, 0.1) is 22.4 Å². The summed E-state index contributed by atoms with van der Waals surface area (Å²) >= 11 is 3.30. The van der Waals surface area contributed by atoms with Crippen LogP contribution in [0, 0.1) is 6.92 Å². The minimum atomic E-state index is -0.406. The van der Waals surface area contributed by atoms with Gasteiger partial charge in [0.25, 0.3) is 11.8 Å². The zero-order valence-electron chi connectivity index (χ0n) is 11.1. The summed E-state index contributed by atoms with van der Waals surface area (Å²) in [7, 11) is 0. The second-order valence-electron chi connectivity index (χ2n) is 4.79. The molecule has 4 nitrogen and oxygen atoms in total. The van der Waals surface area contributed by atoms with E-state index >= 15 is 0 Å². The number of hydrogen-bond donors (Lipinski definition) is 0. The molecule has 0 N–H and O–H groups in total. The summed E-state index contributed by atoms with van der Waals surface area (Å²) in [5.74, 6) is -0.813. The maximum Gasteiger partial charge on any atom is 0.266 e. The molecule has 2 aromatic carbocycles. The number of halogens is 1. The molecule has 1 heterocycles. The number of fused-ring (bicyclic) bond motifs is 1. The van der Waals surface area contributed by atoms with Gasteiger partial charge in [-0.15, -0.1) is 0 Å². The van der Waals surface area contributed by atoms with Crippen LogP contribution in [-0.4, -0.2) is 18.1 Å². The van der Waals surface area contributed by atoms with E-state index in [4.69, 9.17) is 0 Å². The molecule has 3 rings (SSSR count). The van der Waals surface area contributed by atoms with Crippen LogP contribution in [-0.2, 0) is 0 Å². The fraction of sp³-hybridized carbons (Fsp3) is 0.0625. The van der Waals surface area contributed by atoms with Gasteiger partial charge < -0.3 is 0 Å². The van der Waals surface area contributed by atoms with Gasteiger partial charge in [-0.25, -0.2) is 4.90 Å². The molecule has 0 fully saturated rings. The zero-order valence-corrected chi connectivity index (χ0v) is 12.7. The summed E-state index contributed by atoms with van der Waals surface area (Å²) in [6.07, 6.45) is 0.641. The largest absolute Gasteiger partial charge is 0.298 e. The van der Waals surface area contributed by atoms with Crippen molar-refractivity contribution in [1.82, 2.24) is 0 Å². The Bertz CT molecular complexity index is 763. The lowest BCUT2D eigenvalue weighted by atomic mass is 10.1. The van der Waals surface area contributed by atoms with Crippen LogP contribution in [0.3, 0.4) is 0 Å². The lowest BCUT2D eigenvalue weighted by molar-refractivity contribution is 0.0926. The van der Waals surface area contributed by atoms with Crippen molar-refractivity contribution >= 4 is 39.7 Å². The summed E-state index contributed by atoms with van der Waals surface area (Å²) in [6.45, 7) is 1.83. The Morgan fingerprint density at radius 2 is 1.62 bits per heavy atom. The van der Waals surface area contributed by atoms with Crippen LogP contribution in [0.4, 0.5) is 5.69 Å². The van der Waals surface area contributed by atoms with Gasteiger partial charge in [0, 0.05) is 4.47 Å². The molecule has 0 aromatic heterocycles. The lowest BCUT2D eigenvalue weighted by Crippen LogP contribution is -2.30. The molecule has 1 aliphatic rings. The highest BCUT2D eigenvalue weighted by Crippen LogP contribution is 2.34. The third-order valence-electron chi connectivity index (χ3n) is 3.40. The second-order valence-corrected chi connectivity index (χ2v) is 5.64. The summed E-state index contributed by atoms with van der Waals surface area (Å²) < 4.78 is 0.559. The van der Waals surface area contributed by atoms with Gasteiger partial charge in [0.2, 0.25) is 0 Å². The van der Waals surface area contributed by atoms with E-state index in [0.717, 1.165) is 10.5 Å². The number of hydrogen-bond acceptors (Lipinski definition) is 3. The first-order valence-electron chi connectivity index (χ1n) is 6.27. The van der Waals surface area contributed by atoms with E-state index in [1.54, 1.807) is 36.4 Å². The molecule has 0 bridgehead atoms. The Hall–Kier alpha value is -2.27. The molecule has 0 saturated heterocycles. The number of carbonyl (C=O) groups is 3. The summed E-state index contributed by atoms with van der Waals surface area (Å²) in [5.41, 5.74) is 2.16. The molecular weight excluding hydrogens is 334 g/mol. The molecule has 104 valence electrons. The van der Waals surface area contributed by atoms with E-state index < -0.39 is 11.8 Å². The first-order valence-corrected chi connectivity index (χ1v) is 7.07. The highest BCUT2D eigenvalue weighted by atomic mass is 79.9. The van der Waals surface area contributed by atoms with Crippen LogP contribution < -0.4 is 4.90 Å². The van der Waals surface area contributed by atoms with Crippen LogP contribution in [0.15, 0.2) is 40.9 Å². The van der Waals surface area contributed by atoms with Crippen molar-refractivity contribution in [3.63, 3.8) is 0 Å². The number of carbonyl (C=O) groups excluding carboxylic acids is 3. The molecule has 5 heteroatoms. The Labute approximate surface area is 129 Å². The number of amides is 2. The zero-order chi connectivity index (χ0) is 15.1. The average Bonchev–Trinajstić information content (AvgIpc) is 2.71. The Morgan fingerprint density at radius 1 is 1.05 bits per heavy atom. The standard InChI is InChI=1S/C16H10BrNO3/c1-9-6-13(17)12(8-19)14(7-9)18-15(20)10-4-2-3-5-11(10)16(18)21/h2-8H,1H3. The SMILES string of the molecule is Cc1cc(Br)c(C=O)c(N2C(=O)c3ccccc3C2=O)c1. The quantitative estimate of drug-likeness (QED) is 0.620. The molecule has 0 spiro atoms. The molecule has 0 unspecified atom stereocenters. The number of anilines is 1. The van der Waals surface area contributed by atoms with Crippen molar-refractivity contribution in [2.75, 3.05) is 4.90 Å². The van der Waals surface area contributed by atoms with Crippen molar-refractivity contribution in [1.29, 1.82) is 0 Å². The van der Waals surface area contributed by atoms with Gasteiger partial charge in [-0.3, -0.25) is 14.4 Å². The molecular formula is C16H10BrNO3. The second kappa shape index (κ2) is 4.93. The third-order valence-corrected chi connectivity index (χ3v) is 4.06. The van der Waals surface area contributed by atoms with E-state index in [1.165, 1.54) is 0 Å². The first kappa shape index (κ1) is 13.7. The number of nitrogens with zero attached hydrogens (tertiary/aromatic N) is 1. The van der Waals surface area contributed by atoms with Crippen molar-refractivity contribution in [2.45, 2.75) is 6.92 Å². The summed E-state index contributed by atoms with van der Waals surface area (Å²) in [5, 5.41) is 0. The van der Waals surface area contributed by atoms with E-state index in [9.17, 15) is 14.4 Å². The fourth-order valence-corrected chi connectivity index (χ4v) is 3.10. The summed E-state index contributed by atoms with van der Waals surface area (Å²) in [4.78, 5) is 37.3. The fourth-order valence-electron chi connectivity index (χ4n) is 2.44. The van der Waals surface area contributed by atoms with Crippen LogP contribution in [0.25, 0.3) is 0 Å². The molecule has 0 atom stereocenters. The molecule has 1 aliphatic heterocycles. The minimum Gasteiger partial charge on any atom is -0.298 e. The number of aryl methyl sites for hydroxylation is 1. The summed E-state index contributed by atoms with van der Waals surface area (Å²) in [6, 6.07) is 10.1.